The van der Waals surface area contributed by atoms with Crippen molar-refractivity contribution in [3.63, 3.8) is 0 Å². The summed E-state index contributed by atoms with van der Waals surface area (Å²) < 4.78 is 1.16. The predicted octanol–water partition coefficient (Wildman–Crippen LogP) is 1.92. The summed E-state index contributed by atoms with van der Waals surface area (Å²) in [4.78, 5) is 0. The van der Waals surface area contributed by atoms with Gasteiger partial charge >= 0.3 is 0 Å². The fraction of sp³-hybridized carbons (Fsp3) is 0.875. The van der Waals surface area contributed by atoms with Gasteiger partial charge in [0.2, 0.25) is 0 Å². The lowest BCUT2D eigenvalue weighted by atomic mass is 9.93. The van der Waals surface area contributed by atoms with Crippen molar-refractivity contribution in [1.29, 1.82) is 0 Å². The van der Waals surface area contributed by atoms with Gasteiger partial charge in [0.05, 0.1) is 0 Å². The molecule has 1 heterocycles. The third-order valence-electron chi connectivity index (χ3n) is 2.22. The van der Waals surface area contributed by atoms with E-state index in [1.807, 2.05) is 20.8 Å². The largest absolute Gasteiger partial charge is 0.623 e. The zero-order chi connectivity index (χ0) is 7.78. The quantitative estimate of drug-likeness (QED) is 0.374. The average Bonchev–Trinajstić information content (AvgIpc) is 1.83. The van der Waals surface area contributed by atoms with Gasteiger partial charge in [-0.1, -0.05) is 0 Å². The van der Waals surface area contributed by atoms with E-state index in [4.69, 9.17) is 0 Å². The molecule has 10 heavy (non-hydrogen) atoms. The molecule has 1 aliphatic heterocycles. The van der Waals surface area contributed by atoms with Crippen LogP contribution in [0.15, 0.2) is 0 Å². The van der Waals surface area contributed by atoms with Gasteiger partial charge in [0.15, 0.2) is 11.3 Å². The Morgan fingerprint density at radius 3 is 2.50 bits per heavy atom. The van der Waals surface area contributed by atoms with Crippen LogP contribution in [0.4, 0.5) is 0 Å². The summed E-state index contributed by atoms with van der Waals surface area (Å²) >= 11 is 0. The van der Waals surface area contributed by atoms with E-state index in [1.165, 1.54) is 0 Å². The summed E-state index contributed by atoms with van der Waals surface area (Å²) in [5.74, 6) is 0. The van der Waals surface area contributed by atoms with Gasteiger partial charge in [0.25, 0.3) is 0 Å². The van der Waals surface area contributed by atoms with Crippen LogP contribution in [-0.2, 0) is 0 Å². The van der Waals surface area contributed by atoms with Crippen LogP contribution in [0, 0.1) is 5.21 Å². The molecule has 0 amide bonds. The highest BCUT2D eigenvalue weighted by Gasteiger charge is 2.31. The molecule has 0 aromatic rings. The van der Waals surface area contributed by atoms with Crippen molar-refractivity contribution in [3.8, 4) is 0 Å². The first kappa shape index (κ1) is 7.58. The topological polar surface area (TPSA) is 26.1 Å². The molecule has 58 valence electrons. The van der Waals surface area contributed by atoms with Gasteiger partial charge in [-0.15, -0.1) is 0 Å². The fourth-order valence-corrected chi connectivity index (χ4v) is 1.50. The lowest BCUT2D eigenvalue weighted by molar-refractivity contribution is -0.547. The van der Waals surface area contributed by atoms with Gasteiger partial charge in [-0.3, -0.25) is 0 Å². The molecule has 0 atom stereocenters. The van der Waals surface area contributed by atoms with Gasteiger partial charge in [-0.2, -0.15) is 0 Å². The summed E-state index contributed by atoms with van der Waals surface area (Å²) in [6, 6.07) is 0. The minimum atomic E-state index is -0.150. The SMILES string of the molecule is CC1=[N+]([O-])C(C)(C)CCC1. The molecule has 0 aromatic carbocycles. The molecule has 2 heteroatoms. The van der Waals surface area contributed by atoms with Gasteiger partial charge in [0.1, 0.15) is 0 Å². The molecule has 1 rings (SSSR count). The van der Waals surface area contributed by atoms with E-state index >= 15 is 0 Å². The van der Waals surface area contributed by atoms with Crippen LogP contribution >= 0.6 is 0 Å². The minimum Gasteiger partial charge on any atom is -0.623 e. The van der Waals surface area contributed by atoms with Crippen molar-refractivity contribution in [2.75, 3.05) is 0 Å². The maximum Gasteiger partial charge on any atom is 0.167 e. The van der Waals surface area contributed by atoms with E-state index < -0.39 is 0 Å². The number of hydrogen-bond donors (Lipinski definition) is 0. The Labute approximate surface area is 62.1 Å². The van der Waals surface area contributed by atoms with Crippen LogP contribution in [-0.4, -0.2) is 16.0 Å². The van der Waals surface area contributed by atoms with Crippen molar-refractivity contribution in [2.24, 2.45) is 0 Å². The van der Waals surface area contributed by atoms with Gasteiger partial charge in [-0.25, -0.2) is 4.74 Å². The first-order valence-electron chi connectivity index (χ1n) is 3.84. The van der Waals surface area contributed by atoms with E-state index in [2.05, 4.69) is 0 Å². The molecule has 0 aliphatic carbocycles. The van der Waals surface area contributed by atoms with Crippen LogP contribution in [0.2, 0.25) is 0 Å². The Morgan fingerprint density at radius 2 is 2.10 bits per heavy atom. The highest BCUT2D eigenvalue weighted by atomic mass is 16.5. The Hall–Kier alpha value is -0.530. The number of hydroxylamine groups is 1. The second-order valence-corrected chi connectivity index (χ2v) is 3.70. The Kier molecular flexibility index (Phi) is 1.71. The smallest absolute Gasteiger partial charge is 0.167 e. The molecule has 0 bridgehead atoms. The van der Waals surface area contributed by atoms with Crippen molar-refractivity contribution >= 4 is 5.71 Å². The Morgan fingerprint density at radius 1 is 1.50 bits per heavy atom. The zero-order valence-corrected chi connectivity index (χ0v) is 6.98. The molecule has 2 nitrogen and oxygen atoms in total. The average molecular weight is 141 g/mol. The van der Waals surface area contributed by atoms with Crippen LogP contribution in [0.3, 0.4) is 0 Å². The summed E-state index contributed by atoms with van der Waals surface area (Å²) in [6.45, 7) is 5.93. The van der Waals surface area contributed by atoms with Crippen molar-refractivity contribution in [1.82, 2.24) is 0 Å². The number of nitrogens with zero attached hydrogens (tertiary/aromatic N) is 1. The van der Waals surface area contributed by atoms with Gasteiger partial charge in [-0.05, 0) is 6.42 Å². The van der Waals surface area contributed by atoms with Crippen molar-refractivity contribution in [2.45, 2.75) is 45.6 Å². The molecule has 0 saturated heterocycles. The van der Waals surface area contributed by atoms with Crippen LogP contribution < -0.4 is 0 Å². The molecule has 0 aromatic heterocycles. The summed E-state index contributed by atoms with van der Waals surface area (Å²) in [6.07, 6.45) is 3.17. The standard InChI is InChI=1S/C8H15NO/c1-7-5-4-6-8(2,3)9(7)10/h4-6H2,1-3H3. The summed E-state index contributed by atoms with van der Waals surface area (Å²) in [5.41, 5.74) is 0.832. The van der Waals surface area contributed by atoms with E-state index in [0.29, 0.717) is 0 Å². The lowest BCUT2D eigenvalue weighted by Gasteiger charge is -2.29. The lowest BCUT2D eigenvalue weighted by Crippen LogP contribution is -2.39. The van der Waals surface area contributed by atoms with E-state index in [1.54, 1.807) is 0 Å². The Balaban J connectivity index is 2.89. The molecule has 0 radical (unpaired) electrons. The second kappa shape index (κ2) is 2.26. The fourth-order valence-electron chi connectivity index (χ4n) is 1.50. The van der Waals surface area contributed by atoms with Crippen molar-refractivity contribution < 1.29 is 4.74 Å². The predicted molar refractivity (Wildman–Crippen MR) is 42.2 cm³/mol. The molecule has 0 unspecified atom stereocenters. The number of rotatable bonds is 0. The van der Waals surface area contributed by atoms with Crippen LogP contribution in [0.5, 0.6) is 0 Å². The van der Waals surface area contributed by atoms with Gasteiger partial charge in [0, 0.05) is 33.6 Å². The molecular formula is C8H15NO. The first-order chi connectivity index (χ1) is 4.54. The number of hydrogen-bond acceptors (Lipinski definition) is 1. The molecule has 0 fully saturated rings. The van der Waals surface area contributed by atoms with E-state index in [0.717, 1.165) is 29.7 Å². The van der Waals surface area contributed by atoms with E-state index in [9.17, 15) is 5.21 Å². The maximum atomic E-state index is 11.3. The van der Waals surface area contributed by atoms with Gasteiger partial charge < -0.3 is 5.21 Å². The highest BCUT2D eigenvalue weighted by Crippen LogP contribution is 2.22. The first-order valence-corrected chi connectivity index (χ1v) is 3.84. The second-order valence-electron chi connectivity index (χ2n) is 3.70. The van der Waals surface area contributed by atoms with Crippen LogP contribution in [0.1, 0.15) is 40.0 Å². The summed E-state index contributed by atoms with van der Waals surface area (Å²) in [5, 5.41) is 11.3. The molecular weight excluding hydrogens is 126 g/mol. The third kappa shape index (κ3) is 1.15. The highest BCUT2D eigenvalue weighted by molar-refractivity contribution is 5.77. The third-order valence-corrected chi connectivity index (χ3v) is 2.22. The minimum absolute atomic E-state index is 0.150. The molecule has 0 N–H and O–H groups in total. The Bertz CT molecular complexity index is 170. The summed E-state index contributed by atoms with van der Waals surface area (Å²) in [7, 11) is 0. The monoisotopic (exact) mass is 141 g/mol. The zero-order valence-electron chi connectivity index (χ0n) is 6.98. The van der Waals surface area contributed by atoms with Crippen molar-refractivity contribution in [3.05, 3.63) is 5.21 Å². The normalized spacial score (nSPS) is 25.1. The molecule has 0 saturated carbocycles. The molecule has 1 aliphatic rings. The van der Waals surface area contributed by atoms with Crippen LogP contribution in [0.25, 0.3) is 0 Å². The van der Waals surface area contributed by atoms with E-state index in [-0.39, 0.29) is 5.54 Å². The molecule has 0 spiro atoms. The maximum absolute atomic E-state index is 11.3.